The molecule has 17 heavy (non-hydrogen) atoms. The van der Waals surface area contributed by atoms with Crippen molar-refractivity contribution in [2.75, 3.05) is 14.2 Å². The van der Waals surface area contributed by atoms with Gasteiger partial charge in [-0.2, -0.15) is 0 Å². The summed E-state index contributed by atoms with van der Waals surface area (Å²) in [5.41, 5.74) is 0.804. The summed E-state index contributed by atoms with van der Waals surface area (Å²) in [4.78, 5) is 11.5. The number of esters is 1. The molecular weight excluding hydrogens is 216 g/mol. The van der Waals surface area contributed by atoms with E-state index in [4.69, 9.17) is 9.47 Å². The maximum atomic E-state index is 11.5. The van der Waals surface area contributed by atoms with E-state index in [1.807, 2.05) is 42.5 Å². The van der Waals surface area contributed by atoms with Crippen molar-refractivity contribution < 1.29 is 14.3 Å². The van der Waals surface area contributed by atoms with Crippen LogP contribution in [-0.4, -0.2) is 20.2 Å². The second-order valence-electron chi connectivity index (χ2n) is 3.75. The van der Waals surface area contributed by atoms with Crippen LogP contribution >= 0.6 is 0 Å². The highest BCUT2D eigenvalue weighted by molar-refractivity contribution is 5.85. The first-order valence-corrected chi connectivity index (χ1v) is 5.35. The smallest absolute Gasteiger partial charge is 0.339 e. The number of ether oxygens (including phenoxy) is 2. The average molecular weight is 230 g/mol. The summed E-state index contributed by atoms with van der Waals surface area (Å²) >= 11 is 0. The largest absolute Gasteiger partial charge is 0.467 e. The number of rotatable bonds is 3. The average Bonchev–Trinajstić information content (AvgIpc) is 2.39. The molecule has 0 amide bonds. The number of hydrogen-bond donors (Lipinski definition) is 0. The van der Waals surface area contributed by atoms with Gasteiger partial charge in [0.15, 0.2) is 6.10 Å². The highest BCUT2D eigenvalue weighted by atomic mass is 16.6. The van der Waals surface area contributed by atoms with Gasteiger partial charge in [-0.25, -0.2) is 4.79 Å². The third-order valence-corrected chi connectivity index (χ3v) is 2.73. The Kier molecular flexibility index (Phi) is 3.40. The predicted molar refractivity (Wildman–Crippen MR) is 65.7 cm³/mol. The van der Waals surface area contributed by atoms with E-state index in [0.29, 0.717) is 0 Å². The molecule has 0 bridgehead atoms. The zero-order chi connectivity index (χ0) is 12.3. The lowest BCUT2D eigenvalue weighted by atomic mass is 10.0. The molecule has 2 aromatic carbocycles. The van der Waals surface area contributed by atoms with Gasteiger partial charge < -0.3 is 9.47 Å². The Bertz CT molecular complexity index is 534. The predicted octanol–water partition coefficient (Wildman–Crippen LogP) is 2.70. The van der Waals surface area contributed by atoms with Gasteiger partial charge in [0.05, 0.1) is 7.11 Å². The molecule has 0 saturated heterocycles. The highest BCUT2D eigenvalue weighted by Crippen LogP contribution is 2.23. The van der Waals surface area contributed by atoms with E-state index in [9.17, 15) is 4.79 Å². The van der Waals surface area contributed by atoms with Crippen LogP contribution in [0.5, 0.6) is 0 Å². The Morgan fingerprint density at radius 2 is 1.76 bits per heavy atom. The second-order valence-corrected chi connectivity index (χ2v) is 3.75. The van der Waals surface area contributed by atoms with Crippen LogP contribution < -0.4 is 0 Å². The number of carbonyl (C=O) groups is 1. The molecular formula is C14H14O3. The Hall–Kier alpha value is -1.87. The number of fused-ring (bicyclic) bond motifs is 1. The molecule has 2 aromatic rings. The molecule has 3 heteroatoms. The molecule has 0 aliphatic heterocycles. The fourth-order valence-electron chi connectivity index (χ4n) is 1.85. The lowest BCUT2D eigenvalue weighted by Gasteiger charge is -2.13. The molecule has 0 saturated carbocycles. The van der Waals surface area contributed by atoms with Gasteiger partial charge in [0.25, 0.3) is 0 Å². The van der Waals surface area contributed by atoms with Crippen LogP contribution in [0.1, 0.15) is 11.7 Å². The van der Waals surface area contributed by atoms with E-state index in [1.165, 1.54) is 14.2 Å². The van der Waals surface area contributed by atoms with E-state index in [2.05, 4.69) is 0 Å². The second kappa shape index (κ2) is 4.97. The minimum absolute atomic E-state index is 0.386. The summed E-state index contributed by atoms with van der Waals surface area (Å²) < 4.78 is 9.87. The Morgan fingerprint density at radius 1 is 1.06 bits per heavy atom. The molecule has 1 atom stereocenters. The molecule has 0 N–H and O–H groups in total. The van der Waals surface area contributed by atoms with Gasteiger partial charge in [0, 0.05) is 7.11 Å². The van der Waals surface area contributed by atoms with Gasteiger partial charge in [-0.3, -0.25) is 0 Å². The minimum Gasteiger partial charge on any atom is -0.467 e. The summed E-state index contributed by atoms with van der Waals surface area (Å²) in [7, 11) is 2.85. The van der Waals surface area contributed by atoms with Crippen molar-refractivity contribution in [2.24, 2.45) is 0 Å². The van der Waals surface area contributed by atoms with Gasteiger partial charge >= 0.3 is 5.97 Å². The summed E-state index contributed by atoms with van der Waals surface area (Å²) in [6, 6.07) is 13.8. The normalized spacial score (nSPS) is 12.4. The minimum atomic E-state index is -0.662. The van der Waals surface area contributed by atoms with Gasteiger partial charge in [0.2, 0.25) is 0 Å². The molecule has 0 aliphatic rings. The number of carbonyl (C=O) groups excluding carboxylic acids is 1. The van der Waals surface area contributed by atoms with Gasteiger partial charge in [-0.05, 0) is 22.4 Å². The van der Waals surface area contributed by atoms with Crippen LogP contribution in [0, 0.1) is 0 Å². The first-order valence-electron chi connectivity index (χ1n) is 5.35. The van der Waals surface area contributed by atoms with Gasteiger partial charge in [0.1, 0.15) is 0 Å². The van der Waals surface area contributed by atoms with Crippen molar-refractivity contribution >= 4 is 16.7 Å². The third kappa shape index (κ3) is 2.29. The summed E-state index contributed by atoms with van der Waals surface area (Å²) in [5.74, 6) is -0.386. The first kappa shape index (κ1) is 11.6. The van der Waals surface area contributed by atoms with Crippen LogP contribution in [-0.2, 0) is 14.3 Å². The Balaban J connectivity index is 2.44. The zero-order valence-corrected chi connectivity index (χ0v) is 9.84. The SMILES string of the molecule is COC(=O)[C@H](OC)c1ccc2ccccc2c1. The van der Waals surface area contributed by atoms with Crippen LogP contribution in [0.3, 0.4) is 0 Å². The molecule has 0 spiro atoms. The van der Waals surface area contributed by atoms with E-state index in [-0.39, 0.29) is 5.97 Å². The van der Waals surface area contributed by atoms with Crippen molar-refractivity contribution in [3.8, 4) is 0 Å². The molecule has 0 aliphatic carbocycles. The lowest BCUT2D eigenvalue weighted by Crippen LogP contribution is -2.15. The molecule has 0 aromatic heterocycles. The summed E-state index contributed by atoms with van der Waals surface area (Å²) in [6.45, 7) is 0. The van der Waals surface area contributed by atoms with Gasteiger partial charge in [-0.15, -0.1) is 0 Å². The quantitative estimate of drug-likeness (QED) is 0.760. The van der Waals surface area contributed by atoms with E-state index < -0.39 is 6.10 Å². The molecule has 0 fully saturated rings. The van der Waals surface area contributed by atoms with Crippen molar-refractivity contribution in [1.82, 2.24) is 0 Å². The summed E-state index contributed by atoms with van der Waals surface area (Å²) in [5, 5.41) is 2.21. The Morgan fingerprint density at radius 3 is 2.41 bits per heavy atom. The number of methoxy groups -OCH3 is 2. The van der Waals surface area contributed by atoms with Gasteiger partial charge in [-0.1, -0.05) is 36.4 Å². The first-order chi connectivity index (χ1) is 8.26. The van der Waals surface area contributed by atoms with Crippen molar-refractivity contribution in [3.05, 3.63) is 48.0 Å². The fourth-order valence-corrected chi connectivity index (χ4v) is 1.85. The van der Waals surface area contributed by atoms with Crippen molar-refractivity contribution in [3.63, 3.8) is 0 Å². The monoisotopic (exact) mass is 230 g/mol. The highest BCUT2D eigenvalue weighted by Gasteiger charge is 2.20. The van der Waals surface area contributed by atoms with Crippen molar-refractivity contribution in [2.45, 2.75) is 6.10 Å². The van der Waals surface area contributed by atoms with Crippen LogP contribution in [0.2, 0.25) is 0 Å². The third-order valence-electron chi connectivity index (χ3n) is 2.73. The zero-order valence-electron chi connectivity index (χ0n) is 9.84. The Labute approximate surface area is 100.0 Å². The maximum absolute atomic E-state index is 11.5. The maximum Gasteiger partial charge on any atom is 0.339 e. The van der Waals surface area contributed by atoms with Crippen LogP contribution in [0.25, 0.3) is 10.8 Å². The molecule has 2 rings (SSSR count). The molecule has 0 unspecified atom stereocenters. The van der Waals surface area contributed by atoms with E-state index in [0.717, 1.165) is 16.3 Å². The lowest BCUT2D eigenvalue weighted by molar-refractivity contribution is -0.152. The number of benzene rings is 2. The summed E-state index contributed by atoms with van der Waals surface area (Å²) in [6.07, 6.45) is -0.662. The molecule has 3 nitrogen and oxygen atoms in total. The van der Waals surface area contributed by atoms with Crippen molar-refractivity contribution in [1.29, 1.82) is 0 Å². The molecule has 0 radical (unpaired) electrons. The fraction of sp³-hybridized carbons (Fsp3) is 0.214. The molecule has 88 valence electrons. The van der Waals surface area contributed by atoms with Crippen LogP contribution in [0.15, 0.2) is 42.5 Å². The molecule has 0 heterocycles. The standard InChI is InChI=1S/C14H14O3/c1-16-13(14(15)17-2)12-8-7-10-5-3-4-6-11(10)9-12/h3-9,13H,1-2H3/t13-/m1/s1. The van der Waals surface area contributed by atoms with E-state index in [1.54, 1.807) is 0 Å². The number of hydrogen-bond acceptors (Lipinski definition) is 3. The van der Waals surface area contributed by atoms with Crippen LogP contribution in [0.4, 0.5) is 0 Å². The van der Waals surface area contributed by atoms with E-state index >= 15 is 0 Å². The topological polar surface area (TPSA) is 35.5 Å².